The van der Waals surface area contributed by atoms with E-state index in [-0.39, 0.29) is 34.7 Å². The summed E-state index contributed by atoms with van der Waals surface area (Å²) in [5.41, 5.74) is 0.965. The highest BCUT2D eigenvalue weighted by atomic mass is 32.1. The second-order valence-electron chi connectivity index (χ2n) is 7.87. The van der Waals surface area contributed by atoms with Gasteiger partial charge in [0.1, 0.15) is 5.69 Å². The number of pyridine rings is 1. The lowest BCUT2D eigenvalue weighted by Gasteiger charge is -2.43. The molecule has 30 heavy (non-hydrogen) atoms. The van der Waals surface area contributed by atoms with Gasteiger partial charge in [-0.25, -0.2) is 0 Å². The summed E-state index contributed by atoms with van der Waals surface area (Å²) in [5, 5.41) is 4.64. The van der Waals surface area contributed by atoms with E-state index in [1.165, 1.54) is 6.26 Å². The van der Waals surface area contributed by atoms with Crippen LogP contribution in [0.15, 0.2) is 57.3 Å². The molecule has 3 aromatic heterocycles. The summed E-state index contributed by atoms with van der Waals surface area (Å²) in [7, 11) is 0. The van der Waals surface area contributed by atoms with Gasteiger partial charge in [-0.2, -0.15) is 0 Å². The van der Waals surface area contributed by atoms with Crippen LogP contribution >= 0.6 is 11.3 Å². The Bertz CT molecular complexity index is 1130. The first kappa shape index (κ1) is 18.9. The number of hydrogen-bond donors (Lipinski definition) is 1. The molecular formula is C22H21N3O4S. The molecule has 2 aliphatic rings. The fourth-order valence-electron chi connectivity index (χ4n) is 4.51. The maximum Gasteiger partial charge on any atom is 0.291 e. The van der Waals surface area contributed by atoms with Crippen LogP contribution in [0.4, 0.5) is 5.69 Å². The third-order valence-corrected chi connectivity index (χ3v) is 6.73. The van der Waals surface area contributed by atoms with Crippen LogP contribution in [-0.2, 0) is 17.8 Å². The minimum Gasteiger partial charge on any atom is -0.459 e. The second kappa shape index (κ2) is 7.60. The molecule has 0 radical (unpaired) electrons. The molecule has 154 valence electrons. The largest absolute Gasteiger partial charge is 0.459 e. The summed E-state index contributed by atoms with van der Waals surface area (Å²) in [5.74, 6) is 0.225. The number of thiophene rings is 1. The number of nitrogens with one attached hydrogen (secondary N) is 1. The number of likely N-dealkylation sites (tertiary alicyclic amines) is 1. The first-order chi connectivity index (χ1) is 14.6. The zero-order chi connectivity index (χ0) is 20.7. The van der Waals surface area contributed by atoms with E-state index in [0.717, 1.165) is 17.0 Å². The zero-order valence-electron chi connectivity index (χ0n) is 16.2. The van der Waals surface area contributed by atoms with Gasteiger partial charge in [-0.3, -0.25) is 14.4 Å². The van der Waals surface area contributed by atoms with Crippen molar-refractivity contribution in [1.82, 2.24) is 9.47 Å². The number of carbonyl (C=O) groups is 2. The van der Waals surface area contributed by atoms with Crippen LogP contribution in [0.25, 0.3) is 0 Å². The molecule has 0 spiro atoms. The van der Waals surface area contributed by atoms with Crippen molar-refractivity contribution in [2.24, 2.45) is 5.92 Å². The molecular weight excluding hydrogens is 402 g/mol. The summed E-state index contributed by atoms with van der Waals surface area (Å²) in [6.07, 6.45) is 2.82. The Morgan fingerprint density at radius 3 is 2.80 bits per heavy atom. The van der Waals surface area contributed by atoms with Crippen molar-refractivity contribution in [3.63, 3.8) is 0 Å². The number of fused-ring (bicyclic) bond motifs is 4. The average molecular weight is 423 g/mol. The van der Waals surface area contributed by atoms with Crippen LogP contribution in [-0.4, -0.2) is 34.4 Å². The van der Waals surface area contributed by atoms with Gasteiger partial charge in [0.2, 0.25) is 5.91 Å². The first-order valence-electron chi connectivity index (χ1n) is 9.97. The minimum absolute atomic E-state index is 0.132. The molecule has 1 N–H and O–H groups in total. The molecule has 0 aromatic carbocycles. The van der Waals surface area contributed by atoms with E-state index in [0.29, 0.717) is 26.1 Å². The van der Waals surface area contributed by atoms with E-state index < -0.39 is 5.91 Å². The Morgan fingerprint density at radius 2 is 2.03 bits per heavy atom. The number of aromatic nitrogens is 1. The molecule has 8 heteroatoms. The molecule has 3 aromatic rings. The van der Waals surface area contributed by atoms with Gasteiger partial charge in [-0.1, -0.05) is 6.07 Å². The van der Waals surface area contributed by atoms with Crippen LogP contribution < -0.4 is 10.9 Å². The fourth-order valence-corrected chi connectivity index (χ4v) is 5.21. The predicted octanol–water partition coefficient (Wildman–Crippen LogP) is 2.94. The maximum atomic E-state index is 13.0. The molecule has 5 heterocycles. The highest BCUT2D eigenvalue weighted by Crippen LogP contribution is 2.35. The highest BCUT2D eigenvalue weighted by molar-refractivity contribution is 7.10. The van der Waals surface area contributed by atoms with Crippen molar-refractivity contribution in [3.05, 3.63) is 74.7 Å². The number of nitrogens with zero attached hydrogens (tertiary/aromatic N) is 2. The van der Waals surface area contributed by atoms with Gasteiger partial charge >= 0.3 is 0 Å². The fraction of sp³-hybridized carbons (Fsp3) is 0.318. The number of carbonyl (C=O) groups excluding carboxylic acids is 2. The molecule has 2 amide bonds. The maximum absolute atomic E-state index is 13.0. The molecule has 1 fully saturated rings. The normalized spacial score (nSPS) is 19.9. The topological polar surface area (TPSA) is 84.5 Å². The summed E-state index contributed by atoms with van der Waals surface area (Å²) in [6.45, 7) is 1.84. The molecule has 5 rings (SSSR count). The molecule has 2 bridgehead atoms. The summed E-state index contributed by atoms with van der Waals surface area (Å²) >= 11 is 1.60. The number of rotatable bonds is 4. The van der Waals surface area contributed by atoms with Gasteiger partial charge in [-0.15, -0.1) is 11.3 Å². The van der Waals surface area contributed by atoms with E-state index in [1.54, 1.807) is 34.1 Å². The third kappa shape index (κ3) is 3.47. The van der Waals surface area contributed by atoms with Crippen molar-refractivity contribution >= 4 is 28.8 Å². The van der Waals surface area contributed by atoms with Crippen molar-refractivity contribution < 1.29 is 14.0 Å². The molecule has 0 unspecified atom stereocenters. The van der Waals surface area contributed by atoms with Crippen molar-refractivity contribution in [2.75, 3.05) is 18.4 Å². The van der Waals surface area contributed by atoms with Crippen LogP contribution in [0.1, 0.15) is 33.5 Å². The molecule has 2 atom stereocenters. The van der Waals surface area contributed by atoms with E-state index in [2.05, 4.69) is 5.32 Å². The Labute approximate surface area is 176 Å². The van der Waals surface area contributed by atoms with Gasteiger partial charge in [-0.05, 0) is 48.1 Å². The summed E-state index contributed by atoms with van der Waals surface area (Å²) in [4.78, 5) is 41.0. The Kier molecular flexibility index (Phi) is 4.78. The quantitative estimate of drug-likeness (QED) is 0.699. The van der Waals surface area contributed by atoms with E-state index in [4.69, 9.17) is 4.42 Å². The number of amides is 2. The van der Waals surface area contributed by atoms with Crippen LogP contribution in [0.5, 0.6) is 0 Å². The standard InChI is InChI=1S/C22H21N3O4S/c26-20(10-16-3-2-8-30-16)24-11-14-9-15(13-24)18-6-5-17(22(28)25(18)12-14)23-21(27)19-4-1-7-29-19/h1-8,14-15H,9-13H2,(H,23,27)/t14-,15-/m1/s1. The first-order valence-corrected chi connectivity index (χ1v) is 10.8. The van der Waals surface area contributed by atoms with Crippen LogP contribution in [0.3, 0.4) is 0 Å². The van der Waals surface area contributed by atoms with Crippen molar-refractivity contribution in [3.8, 4) is 0 Å². The molecule has 1 saturated heterocycles. The smallest absolute Gasteiger partial charge is 0.291 e. The third-order valence-electron chi connectivity index (χ3n) is 5.86. The SMILES string of the molecule is O=C(Nc1ccc2n(c1=O)C[C@@H]1C[C@@H]2CN(C(=O)Cc2cccs2)C1)c1ccco1. The second-order valence-corrected chi connectivity index (χ2v) is 8.90. The van der Waals surface area contributed by atoms with E-state index in [1.807, 2.05) is 28.5 Å². The molecule has 7 nitrogen and oxygen atoms in total. The zero-order valence-corrected chi connectivity index (χ0v) is 17.1. The number of piperidine rings is 1. The van der Waals surface area contributed by atoms with Gasteiger partial charge < -0.3 is 19.2 Å². The molecule has 0 aliphatic carbocycles. The Hall–Kier alpha value is -3.13. The molecule has 0 saturated carbocycles. The van der Waals surface area contributed by atoms with Crippen LogP contribution in [0.2, 0.25) is 0 Å². The van der Waals surface area contributed by atoms with Crippen LogP contribution in [0, 0.1) is 5.92 Å². The lowest BCUT2D eigenvalue weighted by Crippen LogP contribution is -2.49. The van der Waals surface area contributed by atoms with Gasteiger partial charge in [0.25, 0.3) is 11.5 Å². The van der Waals surface area contributed by atoms with Crippen molar-refractivity contribution in [1.29, 1.82) is 0 Å². The highest BCUT2D eigenvalue weighted by Gasteiger charge is 2.36. The monoisotopic (exact) mass is 423 g/mol. The lowest BCUT2D eigenvalue weighted by atomic mass is 9.83. The molecule has 2 aliphatic heterocycles. The Morgan fingerprint density at radius 1 is 1.13 bits per heavy atom. The lowest BCUT2D eigenvalue weighted by molar-refractivity contribution is -0.133. The predicted molar refractivity (Wildman–Crippen MR) is 113 cm³/mol. The van der Waals surface area contributed by atoms with Gasteiger partial charge in [0, 0.05) is 36.1 Å². The van der Waals surface area contributed by atoms with E-state index >= 15 is 0 Å². The number of hydrogen-bond acceptors (Lipinski definition) is 5. The van der Waals surface area contributed by atoms with Gasteiger partial charge in [0.15, 0.2) is 5.76 Å². The van der Waals surface area contributed by atoms with E-state index in [9.17, 15) is 14.4 Å². The number of furan rings is 1. The average Bonchev–Trinajstić information content (AvgIpc) is 3.44. The number of anilines is 1. The minimum atomic E-state index is -0.445. The summed E-state index contributed by atoms with van der Waals surface area (Å²) < 4.78 is 6.86. The Balaban J connectivity index is 1.35. The summed E-state index contributed by atoms with van der Waals surface area (Å²) in [6, 6.07) is 10.7. The van der Waals surface area contributed by atoms with Gasteiger partial charge in [0.05, 0.1) is 12.7 Å². The van der Waals surface area contributed by atoms with Crippen molar-refractivity contribution in [2.45, 2.75) is 25.3 Å².